The van der Waals surface area contributed by atoms with Crippen molar-refractivity contribution in [1.82, 2.24) is 5.32 Å². The number of likely N-dealkylation sites (N-methyl/N-ethyl adjacent to an activating group) is 1. The van der Waals surface area contributed by atoms with E-state index in [1.807, 2.05) is 14.0 Å². The molecule has 0 heterocycles. The van der Waals surface area contributed by atoms with Gasteiger partial charge in [-0.15, -0.1) is 0 Å². The van der Waals surface area contributed by atoms with Gasteiger partial charge in [-0.2, -0.15) is 0 Å². The second-order valence-corrected chi connectivity index (χ2v) is 6.80. The third kappa shape index (κ3) is 4.19. The SMILES string of the molecule is CCOC(=O)C1(NC)CCCC(OC2CCCC(C)C2)C1. The van der Waals surface area contributed by atoms with Gasteiger partial charge in [-0.05, 0) is 52.0 Å². The number of carbonyl (C=O) groups is 1. The van der Waals surface area contributed by atoms with Crippen LogP contribution < -0.4 is 5.32 Å². The van der Waals surface area contributed by atoms with E-state index in [1.54, 1.807) is 0 Å². The highest BCUT2D eigenvalue weighted by Gasteiger charge is 2.43. The fraction of sp³-hybridized carbons (Fsp3) is 0.941. The number of ether oxygens (including phenoxy) is 2. The molecule has 0 aliphatic heterocycles. The van der Waals surface area contributed by atoms with Gasteiger partial charge in [0.1, 0.15) is 5.54 Å². The largest absolute Gasteiger partial charge is 0.465 e. The highest BCUT2D eigenvalue weighted by atomic mass is 16.5. The van der Waals surface area contributed by atoms with Crippen LogP contribution in [-0.4, -0.2) is 37.4 Å². The fourth-order valence-electron chi connectivity index (χ4n) is 3.90. The first-order valence-corrected chi connectivity index (χ1v) is 8.61. The van der Waals surface area contributed by atoms with Crippen LogP contribution in [0.25, 0.3) is 0 Å². The number of nitrogens with one attached hydrogen (secondary N) is 1. The summed E-state index contributed by atoms with van der Waals surface area (Å²) < 4.78 is 11.6. The van der Waals surface area contributed by atoms with Gasteiger partial charge in [-0.3, -0.25) is 4.79 Å². The number of hydrogen-bond donors (Lipinski definition) is 1. The molecule has 2 aliphatic rings. The molecular formula is C17H31NO3. The molecule has 0 aromatic carbocycles. The van der Waals surface area contributed by atoms with Gasteiger partial charge in [0.25, 0.3) is 0 Å². The van der Waals surface area contributed by atoms with Crippen LogP contribution in [-0.2, 0) is 14.3 Å². The lowest BCUT2D eigenvalue weighted by Crippen LogP contribution is -2.55. The molecule has 0 aromatic heterocycles. The van der Waals surface area contributed by atoms with E-state index >= 15 is 0 Å². The van der Waals surface area contributed by atoms with Crippen molar-refractivity contribution in [2.75, 3.05) is 13.7 Å². The maximum Gasteiger partial charge on any atom is 0.326 e. The van der Waals surface area contributed by atoms with Crippen LogP contribution in [0.15, 0.2) is 0 Å². The summed E-state index contributed by atoms with van der Waals surface area (Å²) in [6.07, 6.45) is 9.19. The third-order valence-corrected chi connectivity index (χ3v) is 5.12. The molecule has 4 nitrogen and oxygen atoms in total. The Morgan fingerprint density at radius 2 is 2.00 bits per heavy atom. The summed E-state index contributed by atoms with van der Waals surface area (Å²) in [6, 6.07) is 0. The standard InChI is InChI=1S/C17H31NO3/c1-4-20-16(19)17(18-3)10-6-9-15(12-17)21-14-8-5-7-13(2)11-14/h13-15,18H,4-12H2,1-3H3. The van der Waals surface area contributed by atoms with E-state index in [4.69, 9.17) is 9.47 Å². The average Bonchev–Trinajstić information content (AvgIpc) is 2.47. The minimum Gasteiger partial charge on any atom is -0.465 e. The van der Waals surface area contributed by atoms with Gasteiger partial charge in [0.15, 0.2) is 0 Å². The Hall–Kier alpha value is -0.610. The predicted molar refractivity (Wildman–Crippen MR) is 83.2 cm³/mol. The van der Waals surface area contributed by atoms with E-state index in [9.17, 15) is 4.79 Å². The molecule has 122 valence electrons. The molecule has 0 spiro atoms. The molecule has 1 N–H and O–H groups in total. The monoisotopic (exact) mass is 297 g/mol. The Bertz CT molecular complexity index is 347. The lowest BCUT2D eigenvalue weighted by molar-refractivity contribution is -0.156. The zero-order chi connectivity index (χ0) is 15.3. The van der Waals surface area contributed by atoms with Crippen molar-refractivity contribution in [3.63, 3.8) is 0 Å². The van der Waals surface area contributed by atoms with Crippen molar-refractivity contribution in [1.29, 1.82) is 0 Å². The Kier molecular flexibility index (Phi) is 6.06. The summed E-state index contributed by atoms with van der Waals surface area (Å²) in [6.45, 7) is 4.61. The second kappa shape index (κ2) is 7.59. The highest BCUT2D eigenvalue weighted by molar-refractivity contribution is 5.81. The summed E-state index contributed by atoms with van der Waals surface area (Å²) in [4.78, 5) is 12.3. The Morgan fingerprint density at radius 1 is 1.24 bits per heavy atom. The molecule has 4 unspecified atom stereocenters. The first-order valence-electron chi connectivity index (χ1n) is 8.61. The average molecular weight is 297 g/mol. The van der Waals surface area contributed by atoms with Crippen LogP contribution >= 0.6 is 0 Å². The molecule has 0 bridgehead atoms. The van der Waals surface area contributed by atoms with Gasteiger partial charge >= 0.3 is 5.97 Å². The van der Waals surface area contributed by atoms with Crippen molar-refractivity contribution in [2.45, 2.75) is 83.0 Å². The summed E-state index contributed by atoms with van der Waals surface area (Å²) in [7, 11) is 1.86. The van der Waals surface area contributed by atoms with Crippen molar-refractivity contribution in [3.05, 3.63) is 0 Å². The van der Waals surface area contributed by atoms with Crippen molar-refractivity contribution in [2.24, 2.45) is 5.92 Å². The molecule has 2 fully saturated rings. The number of carbonyl (C=O) groups excluding carboxylic acids is 1. The maximum absolute atomic E-state index is 12.3. The lowest BCUT2D eigenvalue weighted by atomic mass is 9.79. The zero-order valence-corrected chi connectivity index (χ0v) is 13.8. The first kappa shape index (κ1) is 16.8. The molecule has 0 amide bonds. The second-order valence-electron chi connectivity index (χ2n) is 6.80. The minimum atomic E-state index is -0.542. The Labute approximate surface area is 129 Å². The van der Waals surface area contributed by atoms with Crippen LogP contribution in [0.5, 0.6) is 0 Å². The van der Waals surface area contributed by atoms with E-state index in [-0.39, 0.29) is 12.1 Å². The van der Waals surface area contributed by atoms with Gasteiger partial charge in [0, 0.05) is 6.42 Å². The van der Waals surface area contributed by atoms with Gasteiger partial charge in [-0.25, -0.2) is 0 Å². The summed E-state index contributed by atoms with van der Waals surface area (Å²) in [5, 5.41) is 3.22. The highest BCUT2D eigenvalue weighted by Crippen LogP contribution is 2.34. The fourth-order valence-corrected chi connectivity index (χ4v) is 3.90. The van der Waals surface area contributed by atoms with Crippen LogP contribution in [0.1, 0.15) is 65.2 Å². The van der Waals surface area contributed by atoms with Gasteiger partial charge in [0.05, 0.1) is 18.8 Å². The van der Waals surface area contributed by atoms with Crippen LogP contribution in [0.2, 0.25) is 0 Å². The normalized spacial score (nSPS) is 37.2. The number of rotatable bonds is 5. The third-order valence-electron chi connectivity index (χ3n) is 5.12. The maximum atomic E-state index is 12.3. The van der Waals surface area contributed by atoms with Gasteiger partial charge in [0.2, 0.25) is 0 Å². The van der Waals surface area contributed by atoms with E-state index in [2.05, 4.69) is 12.2 Å². The summed E-state index contributed by atoms with van der Waals surface area (Å²) in [5.41, 5.74) is -0.542. The van der Waals surface area contributed by atoms with Crippen molar-refractivity contribution < 1.29 is 14.3 Å². The Morgan fingerprint density at radius 3 is 2.67 bits per heavy atom. The van der Waals surface area contributed by atoms with Crippen LogP contribution in [0.3, 0.4) is 0 Å². The molecule has 4 atom stereocenters. The van der Waals surface area contributed by atoms with Crippen molar-refractivity contribution >= 4 is 5.97 Å². The topological polar surface area (TPSA) is 47.6 Å². The molecule has 21 heavy (non-hydrogen) atoms. The zero-order valence-electron chi connectivity index (χ0n) is 13.8. The van der Waals surface area contributed by atoms with E-state index in [1.165, 1.54) is 25.7 Å². The van der Waals surface area contributed by atoms with Crippen LogP contribution in [0.4, 0.5) is 0 Å². The predicted octanol–water partition coefficient (Wildman–Crippen LogP) is 3.05. The Balaban J connectivity index is 1.94. The number of hydrogen-bond acceptors (Lipinski definition) is 4. The molecule has 0 radical (unpaired) electrons. The quantitative estimate of drug-likeness (QED) is 0.792. The minimum absolute atomic E-state index is 0.113. The van der Waals surface area contributed by atoms with Crippen molar-refractivity contribution in [3.8, 4) is 0 Å². The van der Waals surface area contributed by atoms with E-state index in [0.717, 1.165) is 31.6 Å². The lowest BCUT2D eigenvalue weighted by Gasteiger charge is -2.40. The molecular weight excluding hydrogens is 266 g/mol. The summed E-state index contributed by atoms with van der Waals surface area (Å²) >= 11 is 0. The molecule has 2 aliphatic carbocycles. The van der Waals surface area contributed by atoms with Crippen LogP contribution in [0, 0.1) is 5.92 Å². The molecule has 2 saturated carbocycles. The summed E-state index contributed by atoms with van der Waals surface area (Å²) in [5.74, 6) is 0.657. The van der Waals surface area contributed by atoms with E-state index < -0.39 is 5.54 Å². The van der Waals surface area contributed by atoms with Gasteiger partial charge in [-0.1, -0.05) is 19.8 Å². The van der Waals surface area contributed by atoms with E-state index in [0.29, 0.717) is 12.7 Å². The molecule has 4 heteroatoms. The molecule has 0 saturated heterocycles. The molecule has 2 rings (SSSR count). The first-order chi connectivity index (χ1) is 10.1. The smallest absolute Gasteiger partial charge is 0.326 e. The van der Waals surface area contributed by atoms with Gasteiger partial charge < -0.3 is 14.8 Å². The number of esters is 1. The molecule has 0 aromatic rings.